The summed E-state index contributed by atoms with van der Waals surface area (Å²) in [5, 5.41) is 2.58. The standard InChI is InChI=1S/C19H20F3N3O2/c20-16-12-15(6-7-17(16)27-18(21)22)23-19(26)25-10-8-24(9-11-25)13-14-4-2-1-3-5-14/h1-7,12,18H,8-11,13H2,(H,23,26). The van der Waals surface area contributed by atoms with Gasteiger partial charge in [0.05, 0.1) is 0 Å². The van der Waals surface area contributed by atoms with Crippen molar-refractivity contribution < 1.29 is 22.7 Å². The average Bonchev–Trinajstić information content (AvgIpc) is 2.65. The Hall–Kier alpha value is -2.74. The van der Waals surface area contributed by atoms with E-state index in [4.69, 9.17) is 0 Å². The number of nitrogens with zero attached hydrogens (tertiary/aromatic N) is 2. The van der Waals surface area contributed by atoms with Crippen LogP contribution in [0.25, 0.3) is 0 Å². The monoisotopic (exact) mass is 379 g/mol. The number of piperazine rings is 1. The molecule has 27 heavy (non-hydrogen) atoms. The molecule has 2 aromatic carbocycles. The van der Waals surface area contributed by atoms with Crippen LogP contribution in [0.15, 0.2) is 48.5 Å². The van der Waals surface area contributed by atoms with Crippen LogP contribution in [0.5, 0.6) is 5.75 Å². The highest BCUT2D eigenvalue weighted by Crippen LogP contribution is 2.23. The minimum atomic E-state index is -3.10. The largest absolute Gasteiger partial charge is 0.432 e. The first-order chi connectivity index (χ1) is 13.0. The lowest BCUT2D eigenvalue weighted by Gasteiger charge is -2.34. The van der Waals surface area contributed by atoms with Gasteiger partial charge in [-0.25, -0.2) is 9.18 Å². The summed E-state index contributed by atoms with van der Waals surface area (Å²) in [5.74, 6) is -1.52. The maximum Gasteiger partial charge on any atom is 0.387 e. The molecule has 1 N–H and O–H groups in total. The molecule has 1 aliphatic heterocycles. The summed E-state index contributed by atoms with van der Waals surface area (Å²) in [7, 11) is 0. The van der Waals surface area contributed by atoms with Crippen LogP contribution < -0.4 is 10.1 Å². The number of carbonyl (C=O) groups is 1. The first kappa shape index (κ1) is 19.0. The molecule has 8 heteroatoms. The molecule has 0 saturated carbocycles. The zero-order chi connectivity index (χ0) is 19.2. The zero-order valence-electron chi connectivity index (χ0n) is 14.6. The number of rotatable bonds is 5. The van der Waals surface area contributed by atoms with Crippen molar-refractivity contribution in [3.05, 3.63) is 59.9 Å². The quantitative estimate of drug-likeness (QED) is 0.860. The molecule has 144 valence electrons. The Balaban J connectivity index is 1.50. The van der Waals surface area contributed by atoms with Gasteiger partial charge in [-0.1, -0.05) is 30.3 Å². The minimum Gasteiger partial charge on any atom is -0.432 e. The van der Waals surface area contributed by atoms with E-state index in [1.807, 2.05) is 18.2 Å². The van der Waals surface area contributed by atoms with E-state index in [-0.39, 0.29) is 11.7 Å². The fourth-order valence-corrected chi connectivity index (χ4v) is 2.92. The molecular formula is C19H20F3N3O2. The van der Waals surface area contributed by atoms with Crippen molar-refractivity contribution in [3.63, 3.8) is 0 Å². The average molecular weight is 379 g/mol. The summed E-state index contributed by atoms with van der Waals surface area (Å²) in [6, 6.07) is 13.1. The van der Waals surface area contributed by atoms with E-state index in [0.29, 0.717) is 13.1 Å². The molecule has 0 bridgehead atoms. The van der Waals surface area contributed by atoms with E-state index in [1.165, 1.54) is 11.6 Å². The number of amides is 2. The van der Waals surface area contributed by atoms with Crippen molar-refractivity contribution in [2.45, 2.75) is 13.2 Å². The van der Waals surface area contributed by atoms with Gasteiger partial charge in [-0.05, 0) is 17.7 Å². The Morgan fingerprint density at radius 2 is 1.78 bits per heavy atom. The van der Waals surface area contributed by atoms with E-state index >= 15 is 0 Å². The van der Waals surface area contributed by atoms with Crippen molar-refractivity contribution in [1.82, 2.24) is 9.80 Å². The van der Waals surface area contributed by atoms with E-state index in [0.717, 1.165) is 31.8 Å². The van der Waals surface area contributed by atoms with E-state index < -0.39 is 18.2 Å². The molecule has 1 fully saturated rings. The van der Waals surface area contributed by atoms with E-state index in [2.05, 4.69) is 27.1 Å². The first-order valence-corrected chi connectivity index (χ1v) is 8.58. The highest BCUT2D eigenvalue weighted by Gasteiger charge is 2.21. The number of urea groups is 1. The van der Waals surface area contributed by atoms with Gasteiger partial charge in [-0.2, -0.15) is 8.78 Å². The molecule has 5 nitrogen and oxygen atoms in total. The van der Waals surface area contributed by atoms with Gasteiger partial charge in [0.1, 0.15) is 0 Å². The van der Waals surface area contributed by atoms with E-state index in [1.54, 1.807) is 4.90 Å². The third kappa shape index (κ3) is 5.37. The van der Waals surface area contributed by atoms with Crippen molar-refractivity contribution >= 4 is 11.7 Å². The lowest BCUT2D eigenvalue weighted by molar-refractivity contribution is -0.0521. The van der Waals surface area contributed by atoms with Crippen LogP contribution in [0.1, 0.15) is 5.56 Å². The molecule has 0 spiro atoms. The Bertz CT molecular complexity index is 766. The third-order valence-corrected chi connectivity index (χ3v) is 4.31. The van der Waals surface area contributed by atoms with Gasteiger partial charge in [-0.15, -0.1) is 0 Å². The molecule has 0 atom stereocenters. The van der Waals surface area contributed by atoms with Crippen molar-refractivity contribution in [3.8, 4) is 5.75 Å². The number of carbonyl (C=O) groups excluding carboxylic acids is 1. The van der Waals surface area contributed by atoms with Gasteiger partial charge in [0.15, 0.2) is 11.6 Å². The minimum absolute atomic E-state index is 0.186. The summed E-state index contributed by atoms with van der Waals surface area (Å²) in [6.07, 6.45) is 0. The van der Waals surface area contributed by atoms with Crippen LogP contribution >= 0.6 is 0 Å². The second-order valence-electron chi connectivity index (χ2n) is 6.20. The molecule has 2 amide bonds. The fourth-order valence-electron chi connectivity index (χ4n) is 2.92. The lowest BCUT2D eigenvalue weighted by Crippen LogP contribution is -2.49. The maximum atomic E-state index is 13.7. The van der Waals surface area contributed by atoms with Gasteiger partial charge < -0.3 is 15.0 Å². The highest BCUT2D eigenvalue weighted by atomic mass is 19.3. The number of halogens is 3. The molecule has 0 aromatic heterocycles. The predicted molar refractivity (Wildman–Crippen MR) is 95.3 cm³/mol. The molecule has 0 aliphatic carbocycles. The normalized spacial score (nSPS) is 15.0. The molecule has 0 unspecified atom stereocenters. The van der Waals surface area contributed by atoms with E-state index in [9.17, 15) is 18.0 Å². The van der Waals surface area contributed by atoms with Gasteiger partial charge in [0.2, 0.25) is 0 Å². The highest BCUT2D eigenvalue weighted by molar-refractivity contribution is 5.89. The predicted octanol–water partition coefficient (Wildman–Crippen LogP) is 3.78. The number of anilines is 1. The van der Waals surface area contributed by atoms with Crippen LogP contribution in [0.2, 0.25) is 0 Å². The van der Waals surface area contributed by atoms with Crippen LogP contribution in [-0.4, -0.2) is 48.6 Å². The summed E-state index contributed by atoms with van der Waals surface area (Å²) < 4.78 is 42.1. The third-order valence-electron chi connectivity index (χ3n) is 4.31. The Kier molecular flexibility index (Phi) is 6.18. The van der Waals surface area contributed by atoms with Gasteiger partial charge >= 0.3 is 12.6 Å². The van der Waals surface area contributed by atoms with Crippen LogP contribution in [0, 0.1) is 5.82 Å². The number of benzene rings is 2. The fraction of sp³-hybridized carbons (Fsp3) is 0.316. The molecule has 1 aliphatic rings. The van der Waals surface area contributed by atoms with Gasteiger partial charge in [0.25, 0.3) is 0 Å². The second-order valence-corrected chi connectivity index (χ2v) is 6.20. The SMILES string of the molecule is O=C(Nc1ccc(OC(F)F)c(F)c1)N1CCN(Cc2ccccc2)CC1. The van der Waals surface area contributed by atoms with Crippen molar-refractivity contribution in [2.24, 2.45) is 0 Å². The maximum absolute atomic E-state index is 13.7. The molecular weight excluding hydrogens is 359 g/mol. The van der Waals surface area contributed by atoms with Crippen LogP contribution in [0.4, 0.5) is 23.7 Å². The number of alkyl halides is 2. The molecule has 1 heterocycles. The number of nitrogens with one attached hydrogen (secondary N) is 1. The van der Waals surface area contributed by atoms with Crippen molar-refractivity contribution in [2.75, 3.05) is 31.5 Å². The molecule has 3 rings (SSSR count). The summed E-state index contributed by atoms with van der Waals surface area (Å²) in [4.78, 5) is 16.2. The number of hydrogen-bond donors (Lipinski definition) is 1. The molecule has 0 radical (unpaired) electrons. The Morgan fingerprint density at radius 3 is 2.41 bits per heavy atom. The lowest BCUT2D eigenvalue weighted by atomic mass is 10.2. The van der Waals surface area contributed by atoms with Crippen LogP contribution in [0.3, 0.4) is 0 Å². The van der Waals surface area contributed by atoms with Gasteiger partial charge in [0, 0.05) is 44.5 Å². The topological polar surface area (TPSA) is 44.8 Å². The molecule has 2 aromatic rings. The Morgan fingerprint density at radius 1 is 1.07 bits per heavy atom. The zero-order valence-corrected chi connectivity index (χ0v) is 14.6. The molecule has 1 saturated heterocycles. The second kappa shape index (κ2) is 8.77. The number of ether oxygens (including phenoxy) is 1. The summed E-state index contributed by atoms with van der Waals surface area (Å²) in [6.45, 7) is 0.289. The van der Waals surface area contributed by atoms with Gasteiger partial charge in [-0.3, -0.25) is 4.90 Å². The van der Waals surface area contributed by atoms with Crippen molar-refractivity contribution in [1.29, 1.82) is 0 Å². The first-order valence-electron chi connectivity index (χ1n) is 8.58. The number of hydrogen-bond acceptors (Lipinski definition) is 3. The summed E-state index contributed by atoms with van der Waals surface area (Å²) >= 11 is 0. The smallest absolute Gasteiger partial charge is 0.387 e. The summed E-state index contributed by atoms with van der Waals surface area (Å²) in [5.41, 5.74) is 1.41. The van der Waals surface area contributed by atoms with Crippen LogP contribution in [-0.2, 0) is 6.54 Å². The Labute approximate surface area is 155 Å².